The lowest BCUT2D eigenvalue weighted by molar-refractivity contribution is -0.239. The summed E-state index contributed by atoms with van der Waals surface area (Å²) in [6.45, 7) is 9.12. The van der Waals surface area contributed by atoms with E-state index in [1.807, 2.05) is 6.07 Å². The summed E-state index contributed by atoms with van der Waals surface area (Å²) in [6, 6.07) is 1.89. The number of aliphatic hydroxyl groups is 2. The Balaban J connectivity index is 1.16. The van der Waals surface area contributed by atoms with Gasteiger partial charge in [0.25, 0.3) is 0 Å². The van der Waals surface area contributed by atoms with Gasteiger partial charge in [-0.2, -0.15) is 10.2 Å². The Labute approximate surface area is 210 Å². The van der Waals surface area contributed by atoms with E-state index in [2.05, 4.69) is 28.9 Å². The highest BCUT2D eigenvalue weighted by atomic mass is 16.5. The molecule has 35 heavy (non-hydrogen) atoms. The first-order valence-corrected chi connectivity index (χ1v) is 14.4. The van der Waals surface area contributed by atoms with E-state index in [1.165, 1.54) is 45.2 Å². The SMILES string of the molecule is C[C@]12CC[C@H](OCCN3CCCC3)C[C@H]1CC[C@@H]1[C@@H]2CC[C@]2(C)[C@@](O)(c3ccnnc3)CC[C@]12O. The number of ether oxygens (including phenoxy) is 1. The zero-order chi connectivity index (χ0) is 24.3. The number of rotatable bonds is 5. The molecule has 0 spiro atoms. The lowest BCUT2D eigenvalue weighted by Crippen LogP contribution is -2.64. The van der Waals surface area contributed by atoms with Crippen molar-refractivity contribution in [2.24, 2.45) is 28.6 Å². The van der Waals surface area contributed by atoms with E-state index in [1.54, 1.807) is 12.4 Å². The van der Waals surface area contributed by atoms with Gasteiger partial charge in [-0.3, -0.25) is 0 Å². The predicted octanol–water partition coefficient (Wildman–Crippen LogP) is 4.30. The molecule has 0 bridgehead atoms. The number of hydrogen-bond acceptors (Lipinski definition) is 6. The van der Waals surface area contributed by atoms with E-state index in [-0.39, 0.29) is 11.3 Å². The first kappa shape index (κ1) is 24.3. The zero-order valence-electron chi connectivity index (χ0n) is 21.8. The molecule has 0 amide bonds. The maximum absolute atomic E-state index is 12.4. The molecule has 8 atom stereocenters. The molecule has 2 heterocycles. The summed E-state index contributed by atoms with van der Waals surface area (Å²) < 4.78 is 6.42. The van der Waals surface area contributed by atoms with Gasteiger partial charge in [0.1, 0.15) is 0 Å². The van der Waals surface area contributed by atoms with Crippen molar-refractivity contribution in [2.45, 2.75) is 102 Å². The molecule has 194 valence electrons. The molecule has 5 aliphatic rings. The maximum atomic E-state index is 12.4. The van der Waals surface area contributed by atoms with E-state index in [9.17, 15) is 10.2 Å². The summed E-state index contributed by atoms with van der Waals surface area (Å²) >= 11 is 0. The van der Waals surface area contributed by atoms with Crippen LogP contribution in [0.5, 0.6) is 0 Å². The van der Waals surface area contributed by atoms with Crippen molar-refractivity contribution < 1.29 is 14.9 Å². The molecular formula is C29H45N3O3. The standard InChI is InChI=1S/C29H45N3O3/c1-26-10-7-23(35-18-17-32-15-3-4-16-32)19-21(26)5-6-25-24(26)8-11-27(2)28(33,12-13-29(25,27)34)22-9-14-30-31-20-22/h9,14,20-21,23-25,33-34H,3-8,10-13,15-19H2,1-2H3/t21-,23+,24+,25-,26+,27-,28+,29+/m1/s1. The molecule has 6 heteroatoms. The summed E-state index contributed by atoms with van der Waals surface area (Å²) in [5.74, 6) is 1.48. The topological polar surface area (TPSA) is 78.7 Å². The molecule has 1 saturated heterocycles. The average molecular weight is 484 g/mol. The summed E-state index contributed by atoms with van der Waals surface area (Å²) in [5.41, 5.74) is -1.33. The number of likely N-dealkylation sites (tertiary alicyclic amines) is 1. The molecule has 2 N–H and O–H groups in total. The van der Waals surface area contributed by atoms with Gasteiger partial charge in [0.05, 0.1) is 30.1 Å². The highest BCUT2D eigenvalue weighted by molar-refractivity contribution is 5.30. The Morgan fingerprint density at radius 2 is 1.80 bits per heavy atom. The van der Waals surface area contributed by atoms with Crippen LogP contribution >= 0.6 is 0 Å². The third kappa shape index (κ3) is 3.57. The summed E-state index contributed by atoms with van der Waals surface area (Å²) in [4.78, 5) is 2.54. The molecule has 0 radical (unpaired) electrons. The quantitative estimate of drug-likeness (QED) is 0.650. The van der Waals surface area contributed by atoms with Crippen LogP contribution in [-0.2, 0) is 10.3 Å². The number of nitrogens with zero attached hydrogens (tertiary/aromatic N) is 3. The highest BCUT2D eigenvalue weighted by Crippen LogP contribution is 2.71. The maximum Gasteiger partial charge on any atom is 0.0994 e. The van der Waals surface area contributed by atoms with Gasteiger partial charge in [0.15, 0.2) is 0 Å². The zero-order valence-corrected chi connectivity index (χ0v) is 21.8. The van der Waals surface area contributed by atoms with Crippen molar-refractivity contribution in [1.29, 1.82) is 0 Å². The van der Waals surface area contributed by atoms with Gasteiger partial charge in [0, 0.05) is 23.7 Å². The third-order valence-corrected chi connectivity index (χ3v) is 12.0. The second-order valence-electron chi connectivity index (χ2n) is 13.1. The lowest BCUT2D eigenvalue weighted by atomic mass is 9.43. The van der Waals surface area contributed by atoms with Gasteiger partial charge in [0.2, 0.25) is 0 Å². The number of hydrogen-bond donors (Lipinski definition) is 2. The molecule has 1 aliphatic heterocycles. The summed E-state index contributed by atoms with van der Waals surface area (Å²) in [5, 5.41) is 32.4. The van der Waals surface area contributed by atoms with Crippen molar-refractivity contribution in [3.8, 4) is 0 Å². The molecule has 0 unspecified atom stereocenters. The lowest BCUT2D eigenvalue weighted by Gasteiger charge is -2.64. The summed E-state index contributed by atoms with van der Waals surface area (Å²) in [7, 11) is 0. The fourth-order valence-corrected chi connectivity index (χ4v) is 9.71. The van der Waals surface area contributed by atoms with Gasteiger partial charge in [-0.1, -0.05) is 13.8 Å². The van der Waals surface area contributed by atoms with Gasteiger partial charge in [-0.05, 0) is 113 Å². The fraction of sp³-hybridized carbons (Fsp3) is 0.862. The molecule has 1 aromatic heterocycles. The van der Waals surface area contributed by atoms with Crippen LogP contribution in [0.1, 0.15) is 90.0 Å². The second kappa shape index (κ2) is 8.75. The Morgan fingerprint density at radius 3 is 2.57 bits per heavy atom. The monoisotopic (exact) mass is 483 g/mol. The summed E-state index contributed by atoms with van der Waals surface area (Å²) in [6.07, 6.45) is 15.5. The minimum atomic E-state index is -1.04. The van der Waals surface area contributed by atoms with Crippen LogP contribution in [-0.4, -0.2) is 63.3 Å². The van der Waals surface area contributed by atoms with E-state index in [0.29, 0.717) is 30.8 Å². The van der Waals surface area contributed by atoms with E-state index in [0.717, 1.165) is 44.4 Å². The van der Waals surface area contributed by atoms with Gasteiger partial charge in [-0.25, -0.2) is 0 Å². The van der Waals surface area contributed by atoms with Crippen molar-refractivity contribution in [1.82, 2.24) is 15.1 Å². The van der Waals surface area contributed by atoms with Crippen LogP contribution in [0.25, 0.3) is 0 Å². The Hall–Kier alpha value is -1.08. The Bertz CT molecular complexity index is 910. The van der Waals surface area contributed by atoms with Crippen LogP contribution in [0.15, 0.2) is 18.5 Å². The first-order valence-electron chi connectivity index (χ1n) is 14.4. The smallest absolute Gasteiger partial charge is 0.0994 e. The molecule has 5 fully saturated rings. The van der Waals surface area contributed by atoms with Crippen LogP contribution in [0.2, 0.25) is 0 Å². The largest absolute Gasteiger partial charge is 0.389 e. The van der Waals surface area contributed by atoms with Crippen LogP contribution in [0.3, 0.4) is 0 Å². The van der Waals surface area contributed by atoms with Crippen LogP contribution in [0, 0.1) is 28.6 Å². The minimum Gasteiger partial charge on any atom is -0.389 e. The van der Waals surface area contributed by atoms with E-state index >= 15 is 0 Å². The number of aromatic nitrogens is 2. The molecule has 1 aromatic rings. The van der Waals surface area contributed by atoms with Crippen molar-refractivity contribution >= 4 is 0 Å². The van der Waals surface area contributed by atoms with E-state index in [4.69, 9.17) is 4.74 Å². The first-order chi connectivity index (χ1) is 16.8. The van der Waals surface area contributed by atoms with Crippen LogP contribution < -0.4 is 0 Å². The number of fused-ring (bicyclic) bond motifs is 5. The van der Waals surface area contributed by atoms with Gasteiger partial charge in [-0.15, -0.1) is 0 Å². The molecule has 4 aliphatic carbocycles. The van der Waals surface area contributed by atoms with Gasteiger partial charge >= 0.3 is 0 Å². The predicted molar refractivity (Wildman–Crippen MR) is 135 cm³/mol. The minimum absolute atomic E-state index is 0.263. The van der Waals surface area contributed by atoms with Crippen molar-refractivity contribution in [3.05, 3.63) is 24.0 Å². The molecule has 6 rings (SSSR count). The van der Waals surface area contributed by atoms with Crippen LogP contribution in [0.4, 0.5) is 0 Å². The molecule has 4 saturated carbocycles. The molecule has 6 nitrogen and oxygen atoms in total. The molecule has 0 aromatic carbocycles. The second-order valence-corrected chi connectivity index (χ2v) is 13.1. The van der Waals surface area contributed by atoms with Crippen molar-refractivity contribution in [2.75, 3.05) is 26.2 Å². The average Bonchev–Trinajstić information content (AvgIpc) is 3.46. The highest BCUT2D eigenvalue weighted by Gasteiger charge is 2.72. The Morgan fingerprint density at radius 1 is 0.971 bits per heavy atom. The normalized spacial score (nSPS) is 47.8. The van der Waals surface area contributed by atoms with Gasteiger partial charge < -0.3 is 19.8 Å². The van der Waals surface area contributed by atoms with Crippen molar-refractivity contribution in [3.63, 3.8) is 0 Å². The third-order valence-electron chi connectivity index (χ3n) is 12.0. The van der Waals surface area contributed by atoms with E-state index < -0.39 is 16.6 Å². The fourth-order valence-electron chi connectivity index (χ4n) is 9.71. The Kier molecular flexibility index (Phi) is 6.07. The molecular weight excluding hydrogens is 438 g/mol.